The quantitative estimate of drug-likeness (QED) is 0.761. The van der Waals surface area contributed by atoms with Gasteiger partial charge >= 0.3 is 0 Å². The summed E-state index contributed by atoms with van der Waals surface area (Å²) in [6.07, 6.45) is 1.46. The molecule has 4 nitrogen and oxygen atoms in total. The van der Waals surface area contributed by atoms with Gasteiger partial charge in [-0.2, -0.15) is 0 Å². The molecule has 0 radical (unpaired) electrons. The Bertz CT molecular complexity index is 529. The Kier molecular flexibility index (Phi) is 3.67. The monoisotopic (exact) mass is 246 g/mol. The molecular formula is C14H14O4. The maximum atomic E-state index is 11.7. The molecule has 0 fully saturated rings. The number of ether oxygens (including phenoxy) is 2. The first kappa shape index (κ1) is 12.2. The lowest BCUT2D eigenvalue weighted by Crippen LogP contribution is -2.11. The molecule has 0 spiro atoms. The zero-order chi connectivity index (χ0) is 13.0. The van der Waals surface area contributed by atoms with Crippen molar-refractivity contribution in [2.24, 2.45) is 0 Å². The first-order valence-electron chi connectivity index (χ1n) is 5.55. The highest BCUT2D eigenvalue weighted by atomic mass is 16.5. The molecule has 0 amide bonds. The maximum Gasteiger partial charge on any atom is 0.235 e. The minimum Gasteiger partial charge on any atom is -0.493 e. The Labute approximate surface area is 105 Å². The van der Waals surface area contributed by atoms with Gasteiger partial charge in [0, 0.05) is 0 Å². The van der Waals surface area contributed by atoms with E-state index < -0.39 is 0 Å². The van der Waals surface area contributed by atoms with Crippen LogP contribution >= 0.6 is 0 Å². The van der Waals surface area contributed by atoms with Gasteiger partial charge in [0.25, 0.3) is 0 Å². The lowest BCUT2D eigenvalue weighted by molar-refractivity contribution is 0.0891. The maximum absolute atomic E-state index is 11.7. The van der Waals surface area contributed by atoms with Crippen molar-refractivity contribution in [1.82, 2.24) is 0 Å². The summed E-state index contributed by atoms with van der Waals surface area (Å²) >= 11 is 0. The number of furan rings is 1. The van der Waals surface area contributed by atoms with E-state index in [0.717, 1.165) is 5.56 Å². The van der Waals surface area contributed by atoms with Crippen LogP contribution in [0.4, 0.5) is 0 Å². The Balaban J connectivity index is 2.04. The average Bonchev–Trinajstić information content (AvgIpc) is 2.90. The molecule has 2 aromatic rings. The number of methoxy groups -OCH3 is 1. The van der Waals surface area contributed by atoms with Gasteiger partial charge in [0.05, 0.1) is 13.4 Å². The Morgan fingerprint density at radius 3 is 2.78 bits per heavy atom. The van der Waals surface area contributed by atoms with Crippen molar-refractivity contribution in [3.63, 3.8) is 0 Å². The fraction of sp³-hybridized carbons (Fsp3) is 0.214. The molecule has 18 heavy (non-hydrogen) atoms. The van der Waals surface area contributed by atoms with E-state index in [2.05, 4.69) is 0 Å². The van der Waals surface area contributed by atoms with E-state index in [1.165, 1.54) is 6.26 Å². The molecule has 0 saturated heterocycles. The van der Waals surface area contributed by atoms with Crippen LogP contribution in [0.25, 0.3) is 0 Å². The van der Waals surface area contributed by atoms with Crippen LogP contribution in [0.2, 0.25) is 0 Å². The number of Topliss-reactive ketones (excluding diaryl/α,β-unsaturated/α-hetero) is 1. The molecule has 0 saturated carbocycles. The van der Waals surface area contributed by atoms with Crippen LogP contribution in [0.5, 0.6) is 11.5 Å². The number of benzene rings is 1. The predicted molar refractivity (Wildman–Crippen MR) is 66.3 cm³/mol. The molecule has 1 aromatic heterocycles. The summed E-state index contributed by atoms with van der Waals surface area (Å²) in [5.74, 6) is 1.24. The summed E-state index contributed by atoms with van der Waals surface area (Å²) in [7, 11) is 1.57. The van der Waals surface area contributed by atoms with Gasteiger partial charge in [-0.1, -0.05) is 6.07 Å². The van der Waals surface area contributed by atoms with Crippen LogP contribution in [-0.4, -0.2) is 19.5 Å². The molecule has 0 unspecified atom stereocenters. The van der Waals surface area contributed by atoms with Crippen LogP contribution in [0.15, 0.2) is 41.0 Å². The smallest absolute Gasteiger partial charge is 0.235 e. The normalized spacial score (nSPS) is 10.1. The second-order valence-electron chi connectivity index (χ2n) is 3.84. The number of rotatable bonds is 5. The van der Waals surface area contributed by atoms with Crippen molar-refractivity contribution in [1.29, 1.82) is 0 Å². The Morgan fingerprint density at radius 1 is 1.28 bits per heavy atom. The molecule has 0 N–H and O–H groups in total. The van der Waals surface area contributed by atoms with Gasteiger partial charge < -0.3 is 13.9 Å². The van der Waals surface area contributed by atoms with Crippen LogP contribution in [0.1, 0.15) is 16.1 Å². The first-order chi connectivity index (χ1) is 8.70. The third-order valence-electron chi connectivity index (χ3n) is 2.47. The molecule has 1 aromatic carbocycles. The van der Waals surface area contributed by atoms with E-state index in [-0.39, 0.29) is 12.4 Å². The largest absolute Gasteiger partial charge is 0.493 e. The van der Waals surface area contributed by atoms with E-state index >= 15 is 0 Å². The number of ketones is 1. The number of hydrogen-bond donors (Lipinski definition) is 0. The molecule has 0 aliphatic heterocycles. The lowest BCUT2D eigenvalue weighted by atomic mass is 10.2. The van der Waals surface area contributed by atoms with Gasteiger partial charge in [-0.25, -0.2) is 0 Å². The summed E-state index contributed by atoms with van der Waals surface area (Å²) in [6, 6.07) is 8.81. The second-order valence-corrected chi connectivity index (χ2v) is 3.84. The predicted octanol–water partition coefficient (Wildman–Crippen LogP) is 2.86. The molecule has 0 bridgehead atoms. The van der Waals surface area contributed by atoms with Crippen molar-refractivity contribution in [2.45, 2.75) is 6.92 Å². The van der Waals surface area contributed by atoms with Gasteiger partial charge in [0.1, 0.15) is 0 Å². The lowest BCUT2D eigenvalue weighted by Gasteiger charge is -2.10. The van der Waals surface area contributed by atoms with Crippen molar-refractivity contribution in [3.8, 4) is 11.5 Å². The topological polar surface area (TPSA) is 48.7 Å². The van der Waals surface area contributed by atoms with Crippen molar-refractivity contribution in [2.75, 3.05) is 13.7 Å². The Hall–Kier alpha value is -2.23. The molecule has 0 atom stereocenters. The average molecular weight is 246 g/mol. The summed E-state index contributed by atoms with van der Waals surface area (Å²) in [6.45, 7) is 1.88. The van der Waals surface area contributed by atoms with Crippen molar-refractivity contribution in [3.05, 3.63) is 47.9 Å². The third-order valence-corrected chi connectivity index (χ3v) is 2.47. The summed E-state index contributed by atoms with van der Waals surface area (Å²) in [5.41, 5.74) is 1.07. The molecule has 2 rings (SSSR count). The van der Waals surface area contributed by atoms with E-state index in [9.17, 15) is 4.79 Å². The molecule has 0 aliphatic carbocycles. The van der Waals surface area contributed by atoms with Crippen LogP contribution < -0.4 is 9.47 Å². The number of hydrogen-bond acceptors (Lipinski definition) is 4. The number of carbonyl (C=O) groups excluding carboxylic acids is 1. The van der Waals surface area contributed by atoms with Crippen molar-refractivity contribution >= 4 is 5.78 Å². The molecule has 94 valence electrons. The SMILES string of the molecule is COc1cc(C)ccc1OCC(=O)c1ccco1. The highest BCUT2D eigenvalue weighted by Crippen LogP contribution is 2.27. The zero-order valence-electron chi connectivity index (χ0n) is 10.3. The second kappa shape index (κ2) is 5.40. The molecular weight excluding hydrogens is 232 g/mol. The minimum atomic E-state index is -0.206. The molecule has 4 heteroatoms. The van der Waals surface area contributed by atoms with Crippen LogP contribution in [0.3, 0.4) is 0 Å². The third kappa shape index (κ3) is 2.71. The molecule has 1 heterocycles. The highest BCUT2D eigenvalue weighted by molar-refractivity contribution is 5.94. The first-order valence-corrected chi connectivity index (χ1v) is 5.55. The Morgan fingerprint density at radius 2 is 2.11 bits per heavy atom. The van der Waals surface area contributed by atoms with E-state index in [1.54, 1.807) is 25.3 Å². The number of carbonyl (C=O) groups is 1. The van der Waals surface area contributed by atoms with Gasteiger partial charge in [0.15, 0.2) is 23.9 Å². The standard InChI is InChI=1S/C14H14O4/c1-10-5-6-13(14(8-10)16-2)18-9-11(15)12-4-3-7-17-12/h3-8H,9H2,1-2H3. The zero-order valence-corrected chi connectivity index (χ0v) is 10.3. The summed E-state index contributed by atoms with van der Waals surface area (Å²) in [5, 5.41) is 0. The van der Waals surface area contributed by atoms with Gasteiger partial charge in [-0.3, -0.25) is 4.79 Å². The summed E-state index contributed by atoms with van der Waals surface area (Å²) < 4.78 is 15.6. The van der Waals surface area contributed by atoms with E-state index in [1.807, 2.05) is 19.1 Å². The van der Waals surface area contributed by atoms with Crippen molar-refractivity contribution < 1.29 is 18.7 Å². The van der Waals surface area contributed by atoms with E-state index in [0.29, 0.717) is 17.3 Å². The molecule has 0 aliphatic rings. The highest BCUT2D eigenvalue weighted by Gasteiger charge is 2.11. The van der Waals surface area contributed by atoms with Crippen LogP contribution in [-0.2, 0) is 0 Å². The van der Waals surface area contributed by atoms with Gasteiger partial charge in [0.2, 0.25) is 5.78 Å². The summed E-state index contributed by atoms with van der Waals surface area (Å²) in [4.78, 5) is 11.7. The van der Waals surface area contributed by atoms with Gasteiger partial charge in [-0.05, 0) is 36.8 Å². The van der Waals surface area contributed by atoms with Gasteiger partial charge in [-0.15, -0.1) is 0 Å². The van der Waals surface area contributed by atoms with E-state index in [4.69, 9.17) is 13.9 Å². The fourth-order valence-electron chi connectivity index (χ4n) is 1.55. The minimum absolute atomic E-state index is 0.0765. The number of aryl methyl sites for hydroxylation is 1. The van der Waals surface area contributed by atoms with Crippen LogP contribution in [0, 0.1) is 6.92 Å². The fourth-order valence-corrected chi connectivity index (χ4v) is 1.55.